The van der Waals surface area contributed by atoms with E-state index in [0.29, 0.717) is 25.9 Å². The number of ether oxygens (including phenoxy) is 2. The molecule has 0 saturated carbocycles. The summed E-state index contributed by atoms with van der Waals surface area (Å²) in [5, 5.41) is 2.76. The topological polar surface area (TPSA) is 84.9 Å². The van der Waals surface area contributed by atoms with Crippen molar-refractivity contribution in [3.63, 3.8) is 0 Å². The van der Waals surface area contributed by atoms with Crippen LogP contribution in [0.25, 0.3) is 0 Å². The van der Waals surface area contributed by atoms with Crippen LogP contribution < -0.4 is 5.32 Å². The maximum Gasteiger partial charge on any atom is 0.407 e. The van der Waals surface area contributed by atoms with Crippen LogP contribution in [0.1, 0.15) is 50.5 Å². The van der Waals surface area contributed by atoms with Crippen LogP contribution in [0.2, 0.25) is 0 Å². The molecule has 2 rings (SSSR count). The molecule has 0 bridgehead atoms. The molecular formula is C22H32N2O5. The molecule has 0 unspecified atom stereocenters. The van der Waals surface area contributed by atoms with Gasteiger partial charge in [-0.3, -0.25) is 9.59 Å². The zero-order valence-electron chi connectivity index (χ0n) is 17.2. The van der Waals surface area contributed by atoms with Gasteiger partial charge in [0.05, 0.1) is 13.2 Å². The summed E-state index contributed by atoms with van der Waals surface area (Å²) < 4.78 is 9.95. The van der Waals surface area contributed by atoms with E-state index < -0.39 is 6.09 Å². The monoisotopic (exact) mass is 404 g/mol. The van der Waals surface area contributed by atoms with Gasteiger partial charge in [0.25, 0.3) is 0 Å². The second-order valence-electron chi connectivity index (χ2n) is 7.28. The van der Waals surface area contributed by atoms with Crippen molar-refractivity contribution in [2.45, 2.75) is 57.4 Å². The third kappa shape index (κ3) is 8.54. The van der Waals surface area contributed by atoms with Crippen LogP contribution in [0, 0.1) is 0 Å². The van der Waals surface area contributed by atoms with Crippen LogP contribution in [-0.2, 0) is 25.5 Å². The number of methoxy groups -OCH3 is 1. The van der Waals surface area contributed by atoms with Crippen molar-refractivity contribution >= 4 is 18.0 Å². The molecule has 29 heavy (non-hydrogen) atoms. The minimum absolute atomic E-state index is 0.0440. The summed E-state index contributed by atoms with van der Waals surface area (Å²) in [6, 6.07) is 9.89. The second kappa shape index (κ2) is 12.8. The maximum absolute atomic E-state index is 12.1. The Balaban J connectivity index is 1.59. The molecule has 1 N–H and O–H groups in total. The van der Waals surface area contributed by atoms with Gasteiger partial charge in [0.1, 0.15) is 6.61 Å². The van der Waals surface area contributed by atoms with Crippen molar-refractivity contribution in [1.29, 1.82) is 0 Å². The molecule has 1 heterocycles. The number of nitrogens with one attached hydrogen (secondary N) is 1. The number of carbonyl (C=O) groups is 3. The summed E-state index contributed by atoms with van der Waals surface area (Å²) in [6.45, 7) is 1.41. The summed E-state index contributed by atoms with van der Waals surface area (Å²) >= 11 is 0. The predicted molar refractivity (Wildman–Crippen MR) is 109 cm³/mol. The second-order valence-corrected chi connectivity index (χ2v) is 7.28. The molecule has 7 nitrogen and oxygen atoms in total. The summed E-state index contributed by atoms with van der Waals surface area (Å²) in [5.41, 5.74) is 1.16. The molecule has 1 saturated heterocycles. The highest BCUT2D eigenvalue weighted by atomic mass is 16.5. The van der Waals surface area contributed by atoms with Gasteiger partial charge in [0.15, 0.2) is 0 Å². The van der Waals surface area contributed by atoms with Gasteiger partial charge in [-0.2, -0.15) is 0 Å². The van der Waals surface area contributed by atoms with Crippen LogP contribution >= 0.6 is 0 Å². The number of hydrogen-bond acceptors (Lipinski definition) is 5. The van der Waals surface area contributed by atoms with Gasteiger partial charge in [-0.1, -0.05) is 43.2 Å². The molecule has 1 aliphatic rings. The highest BCUT2D eigenvalue weighted by molar-refractivity contribution is 5.78. The number of rotatable bonds is 12. The number of hydrogen-bond donors (Lipinski definition) is 1. The van der Waals surface area contributed by atoms with Crippen molar-refractivity contribution in [2.75, 3.05) is 26.8 Å². The molecule has 160 valence electrons. The zero-order chi connectivity index (χ0) is 20.9. The standard InChI is InChI=1S/C22H32N2O5/c1-28-21(26)11-7-2-3-8-16-24-19(12-13-20(24)25)17-29-22(27)23-15-14-18-9-5-4-6-10-18/h4-6,9-10,19H,2-3,7-8,11-17H2,1H3,(H,23,27)/t19-/m1/s1. The number of alkyl carbamates (subject to hydrolysis) is 1. The van der Waals surface area contributed by atoms with Gasteiger partial charge in [-0.25, -0.2) is 4.79 Å². The number of likely N-dealkylation sites (tertiary alicyclic amines) is 1. The lowest BCUT2D eigenvalue weighted by molar-refractivity contribution is -0.140. The van der Waals surface area contributed by atoms with Crippen molar-refractivity contribution in [2.24, 2.45) is 0 Å². The van der Waals surface area contributed by atoms with Gasteiger partial charge < -0.3 is 19.7 Å². The van der Waals surface area contributed by atoms with Gasteiger partial charge in [-0.15, -0.1) is 0 Å². The normalized spacial score (nSPS) is 16.0. The van der Waals surface area contributed by atoms with E-state index in [1.807, 2.05) is 35.2 Å². The molecule has 0 spiro atoms. The Morgan fingerprint density at radius 3 is 2.66 bits per heavy atom. The summed E-state index contributed by atoms with van der Waals surface area (Å²) in [4.78, 5) is 36.9. The number of amides is 2. The van der Waals surface area contributed by atoms with Gasteiger partial charge >= 0.3 is 12.1 Å². The summed E-state index contributed by atoms with van der Waals surface area (Å²) in [5.74, 6) is -0.0587. The zero-order valence-corrected chi connectivity index (χ0v) is 17.2. The smallest absolute Gasteiger partial charge is 0.407 e. The number of nitrogens with zero attached hydrogens (tertiary/aromatic N) is 1. The van der Waals surface area contributed by atoms with Crippen molar-refractivity contribution in [3.05, 3.63) is 35.9 Å². The molecule has 7 heteroatoms. The van der Waals surface area contributed by atoms with E-state index in [1.165, 1.54) is 7.11 Å². The number of unbranched alkanes of at least 4 members (excludes halogenated alkanes) is 3. The van der Waals surface area contributed by atoms with Crippen LogP contribution in [0.15, 0.2) is 30.3 Å². The first-order valence-corrected chi connectivity index (χ1v) is 10.4. The highest BCUT2D eigenvalue weighted by Crippen LogP contribution is 2.20. The molecule has 1 aliphatic heterocycles. The lowest BCUT2D eigenvalue weighted by Crippen LogP contribution is -2.38. The first-order valence-electron chi connectivity index (χ1n) is 10.4. The SMILES string of the molecule is COC(=O)CCCCCCN1C(=O)CC[C@@H]1COC(=O)NCCc1ccccc1. The molecule has 1 aromatic rings. The first kappa shape index (κ1) is 22.7. The Morgan fingerprint density at radius 1 is 1.14 bits per heavy atom. The fourth-order valence-electron chi connectivity index (χ4n) is 3.46. The van der Waals surface area contributed by atoms with Crippen LogP contribution in [0.4, 0.5) is 4.79 Å². The number of benzene rings is 1. The van der Waals surface area contributed by atoms with E-state index in [4.69, 9.17) is 4.74 Å². The van der Waals surface area contributed by atoms with E-state index in [1.54, 1.807) is 0 Å². The number of esters is 1. The Labute approximate surface area is 172 Å². The van der Waals surface area contributed by atoms with Gasteiger partial charge in [0, 0.05) is 25.9 Å². The van der Waals surface area contributed by atoms with Gasteiger partial charge in [0.2, 0.25) is 5.91 Å². The van der Waals surface area contributed by atoms with Crippen LogP contribution in [0.3, 0.4) is 0 Å². The fourth-order valence-corrected chi connectivity index (χ4v) is 3.46. The molecule has 0 aromatic heterocycles. The number of carbonyl (C=O) groups excluding carboxylic acids is 3. The molecule has 0 radical (unpaired) electrons. The fraction of sp³-hybridized carbons (Fsp3) is 0.591. The third-order valence-electron chi connectivity index (χ3n) is 5.14. The summed E-state index contributed by atoms with van der Waals surface area (Å²) in [6.07, 6.45) is 5.54. The average molecular weight is 405 g/mol. The van der Waals surface area contributed by atoms with Crippen LogP contribution in [0.5, 0.6) is 0 Å². The molecule has 0 aliphatic carbocycles. The molecular weight excluding hydrogens is 372 g/mol. The highest BCUT2D eigenvalue weighted by Gasteiger charge is 2.31. The largest absolute Gasteiger partial charge is 0.469 e. The quantitative estimate of drug-likeness (QED) is 0.427. The lowest BCUT2D eigenvalue weighted by Gasteiger charge is -2.24. The third-order valence-corrected chi connectivity index (χ3v) is 5.14. The van der Waals surface area contributed by atoms with E-state index in [0.717, 1.165) is 44.1 Å². The van der Waals surface area contributed by atoms with Crippen molar-refractivity contribution in [3.8, 4) is 0 Å². The van der Waals surface area contributed by atoms with E-state index in [2.05, 4.69) is 10.1 Å². The van der Waals surface area contributed by atoms with Gasteiger partial charge in [-0.05, 0) is 31.2 Å². The molecule has 1 fully saturated rings. The Kier molecular flexibility index (Phi) is 10.0. The Hall–Kier alpha value is -2.57. The van der Waals surface area contributed by atoms with E-state index in [9.17, 15) is 14.4 Å². The maximum atomic E-state index is 12.1. The molecule has 2 amide bonds. The van der Waals surface area contributed by atoms with E-state index >= 15 is 0 Å². The Bertz CT molecular complexity index is 650. The lowest BCUT2D eigenvalue weighted by atomic mass is 10.1. The molecule has 1 aromatic carbocycles. The van der Waals surface area contributed by atoms with Crippen molar-refractivity contribution in [1.82, 2.24) is 10.2 Å². The molecule has 1 atom stereocenters. The predicted octanol–water partition coefficient (Wildman–Crippen LogP) is 3.07. The summed E-state index contributed by atoms with van der Waals surface area (Å²) in [7, 11) is 1.40. The average Bonchev–Trinajstić information content (AvgIpc) is 3.09. The van der Waals surface area contributed by atoms with Crippen molar-refractivity contribution < 1.29 is 23.9 Å². The van der Waals surface area contributed by atoms with Crippen LogP contribution in [-0.4, -0.2) is 55.7 Å². The minimum atomic E-state index is -0.442. The van der Waals surface area contributed by atoms with E-state index in [-0.39, 0.29) is 24.5 Å². The minimum Gasteiger partial charge on any atom is -0.469 e. The Morgan fingerprint density at radius 2 is 1.90 bits per heavy atom. The first-order chi connectivity index (χ1) is 14.1.